The van der Waals surface area contributed by atoms with Gasteiger partial charge >= 0.3 is 0 Å². The second-order valence-electron chi connectivity index (χ2n) is 7.75. The Labute approximate surface area is 176 Å². The minimum absolute atomic E-state index is 0.257. The summed E-state index contributed by atoms with van der Waals surface area (Å²) in [5, 5.41) is 13.8. The van der Waals surface area contributed by atoms with Gasteiger partial charge in [-0.2, -0.15) is 0 Å². The van der Waals surface area contributed by atoms with Crippen molar-refractivity contribution in [2.45, 2.75) is 19.9 Å². The summed E-state index contributed by atoms with van der Waals surface area (Å²) in [7, 11) is 0. The Morgan fingerprint density at radius 2 is 2.03 bits per heavy atom. The SMILES string of the molecule is Cc1ccc(O)c(Cn2c(NCCCN3CCOCC3)nc3ccc(C=O)cc32)c1. The lowest BCUT2D eigenvalue weighted by atomic mass is 10.1. The van der Waals surface area contributed by atoms with E-state index in [9.17, 15) is 9.90 Å². The summed E-state index contributed by atoms with van der Waals surface area (Å²) < 4.78 is 7.44. The molecule has 1 aliphatic heterocycles. The van der Waals surface area contributed by atoms with E-state index in [1.54, 1.807) is 12.1 Å². The smallest absolute Gasteiger partial charge is 0.204 e. The number of anilines is 1. The standard InChI is InChI=1S/C23H28N4O3/c1-17-3-6-22(29)19(13-17)15-27-21-14-18(16-28)4-5-20(21)25-23(27)24-7-2-8-26-9-11-30-12-10-26/h3-6,13-14,16,29H,2,7-12,15H2,1H3,(H,24,25). The van der Waals surface area contributed by atoms with Crippen LogP contribution < -0.4 is 5.32 Å². The van der Waals surface area contributed by atoms with E-state index >= 15 is 0 Å². The van der Waals surface area contributed by atoms with E-state index < -0.39 is 0 Å². The summed E-state index contributed by atoms with van der Waals surface area (Å²) >= 11 is 0. The van der Waals surface area contributed by atoms with E-state index in [0.717, 1.165) is 80.2 Å². The molecular weight excluding hydrogens is 380 g/mol. The van der Waals surface area contributed by atoms with Gasteiger partial charge in [0.1, 0.15) is 12.0 Å². The molecule has 7 nitrogen and oxygen atoms in total. The minimum Gasteiger partial charge on any atom is -0.508 e. The Hall–Kier alpha value is -2.90. The monoisotopic (exact) mass is 408 g/mol. The summed E-state index contributed by atoms with van der Waals surface area (Å²) in [4.78, 5) is 18.4. The number of carbonyl (C=O) groups excluding carboxylic acids is 1. The number of aryl methyl sites for hydroxylation is 1. The molecule has 1 aliphatic rings. The van der Waals surface area contributed by atoms with Gasteiger partial charge in [0.25, 0.3) is 0 Å². The molecule has 0 atom stereocenters. The molecule has 0 saturated carbocycles. The number of phenolic OH excluding ortho intramolecular Hbond substituents is 1. The summed E-state index contributed by atoms with van der Waals surface area (Å²) in [5.41, 5.74) is 4.21. The van der Waals surface area contributed by atoms with Crippen LogP contribution in [-0.2, 0) is 11.3 Å². The first-order chi connectivity index (χ1) is 14.6. The van der Waals surface area contributed by atoms with E-state index in [-0.39, 0.29) is 5.75 Å². The predicted octanol–water partition coefficient (Wildman–Crippen LogP) is 3.05. The van der Waals surface area contributed by atoms with Crippen LogP contribution in [0.25, 0.3) is 11.0 Å². The number of nitrogens with zero attached hydrogens (tertiary/aromatic N) is 3. The number of hydrogen-bond acceptors (Lipinski definition) is 6. The number of ether oxygens (including phenoxy) is 1. The summed E-state index contributed by atoms with van der Waals surface area (Å²) in [5.74, 6) is 1.00. The van der Waals surface area contributed by atoms with Crippen molar-refractivity contribution >= 4 is 23.3 Å². The molecule has 0 amide bonds. The van der Waals surface area contributed by atoms with E-state index in [2.05, 4.69) is 10.2 Å². The number of morpholine rings is 1. The van der Waals surface area contributed by atoms with Crippen molar-refractivity contribution in [3.63, 3.8) is 0 Å². The van der Waals surface area contributed by atoms with Gasteiger partial charge in [-0.15, -0.1) is 0 Å². The third-order valence-corrected chi connectivity index (χ3v) is 5.51. The van der Waals surface area contributed by atoms with Gasteiger partial charge < -0.3 is 19.7 Å². The van der Waals surface area contributed by atoms with Gasteiger partial charge in [-0.1, -0.05) is 17.7 Å². The Balaban J connectivity index is 1.55. The van der Waals surface area contributed by atoms with Gasteiger partial charge in [-0.25, -0.2) is 4.98 Å². The maximum Gasteiger partial charge on any atom is 0.204 e. The number of aromatic hydroxyl groups is 1. The normalized spacial score (nSPS) is 14.8. The van der Waals surface area contributed by atoms with E-state index in [1.165, 1.54) is 0 Å². The third kappa shape index (κ3) is 4.63. The highest BCUT2D eigenvalue weighted by molar-refractivity contribution is 5.86. The average molecular weight is 409 g/mol. The van der Waals surface area contributed by atoms with Crippen LogP contribution in [0.4, 0.5) is 5.95 Å². The minimum atomic E-state index is 0.257. The van der Waals surface area contributed by atoms with Gasteiger partial charge in [0.05, 0.1) is 30.8 Å². The number of fused-ring (bicyclic) bond motifs is 1. The number of carbonyl (C=O) groups is 1. The second-order valence-corrected chi connectivity index (χ2v) is 7.75. The molecule has 3 aromatic rings. The van der Waals surface area contributed by atoms with Gasteiger partial charge in [-0.3, -0.25) is 9.69 Å². The van der Waals surface area contributed by atoms with Crippen molar-refractivity contribution < 1.29 is 14.6 Å². The first-order valence-electron chi connectivity index (χ1n) is 10.4. The van der Waals surface area contributed by atoms with Crippen LogP contribution in [0.2, 0.25) is 0 Å². The fraction of sp³-hybridized carbons (Fsp3) is 0.391. The molecule has 1 fully saturated rings. The Morgan fingerprint density at radius 1 is 1.20 bits per heavy atom. The maximum atomic E-state index is 11.3. The zero-order valence-electron chi connectivity index (χ0n) is 17.3. The van der Waals surface area contributed by atoms with E-state index in [0.29, 0.717) is 12.1 Å². The van der Waals surface area contributed by atoms with Crippen LogP contribution in [-0.4, -0.2) is 65.2 Å². The molecular formula is C23H28N4O3. The topological polar surface area (TPSA) is 79.6 Å². The molecule has 0 aliphatic carbocycles. The molecule has 1 aromatic heterocycles. The quantitative estimate of drug-likeness (QED) is 0.441. The van der Waals surface area contributed by atoms with Crippen LogP contribution in [0.1, 0.15) is 27.9 Å². The van der Waals surface area contributed by atoms with E-state index in [1.807, 2.05) is 35.8 Å². The average Bonchev–Trinajstić information content (AvgIpc) is 3.11. The third-order valence-electron chi connectivity index (χ3n) is 5.51. The van der Waals surface area contributed by atoms with Gasteiger partial charge in [0, 0.05) is 30.8 Å². The highest BCUT2D eigenvalue weighted by Crippen LogP contribution is 2.26. The molecule has 4 rings (SSSR count). The summed E-state index contributed by atoms with van der Waals surface area (Å²) in [6.07, 6.45) is 1.84. The summed E-state index contributed by atoms with van der Waals surface area (Å²) in [6, 6.07) is 11.1. The second kappa shape index (κ2) is 9.28. The number of hydrogen-bond donors (Lipinski definition) is 2. The van der Waals surface area contributed by atoms with Crippen molar-refractivity contribution in [2.75, 3.05) is 44.7 Å². The Bertz CT molecular complexity index is 1020. The molecule has 2 aromatic carbocycles. The molecule has 2 heterocycles. The fourth-order valence-electron chi connectivity index (χ4n) is 3.85. The molecule has 30 heavy (non-hydrogen) atoms. The van der Waals surface area contributed by atoms with Crippen LogP contribution in [0.5, 0.6) is 5.75 Å². The molecule has 0 unspecified atom stereocenters. The van der Waals surface area contributed by atoms with Crippen molar-refractivity contribution in [1.82, 2.24) is 14.5 Å². The molecule has 2 N–H and O–H groups in total. The molecule has 1 saturated heterocycles. The van der Waals surface area contributed by atoms with Crippen LogP contribution >= 0.6 is 0 Å². The van der Waals surface area contributed by atoms with Crippen LogP contribution in [0, 0.1) is 6.92 Å². The summed E-state index contributed by atoms with van der Waals surface area (Å²) in [6.45, 7) is 7.87. The first-order valence-corrected chi connectivity index (χ1v) is 10.4. The highest BCUT2D eigenvalue weighted by Gasteiger charge is 2.14. The lowest BCUT2D eigenvalue weighted by Gasteiger charge is -2.26. The number of rotatable bonds is 8. The molecule has 0 bridgehead atoms. The number of imidazole rings is 1. The lowest BCUT2D eigenvalue weighted by molar-refractivity contribution is 0.0378. The first kappa shape index (κ1) is 20.4. The van der Waals surface area contributed by atoms with Crippen molar-refractivity contribution in [2.24, 2.45) is 0 Å². The Kier molecular flexibility index (Phi) is 6.30. The van der Waals surface area contributed by atoms with E-state index in [4.69, 9.17) is 9.72 Å². The van der Waals surface area contributed by atoms with Gasteiger partial charge in [0.15, 0.2) is 0 Å². The predicted molar refractivity (Wildman–Crippen MR) is 117 cm³/mol. The zero-order valence-corrected chi connectivity index (χ0v) is 17.3. The fourth-order valence-corrected chi connectivity index (χ4v) is 3.85. The largest absolute Gasteiger partial charge is 0.508 e. The van der Waals surface area contributed by atoms with Crippen LogP contribution in [0.3, 0.4) is 0 Å². The van der Waals surface area contributed by atoms with Crippen molar-refractivity contribution in [3.05, 3.63) is 53.1 Å². The Morgan fingerprint density at radius 3 is 2.83 bits per heavy atom. The van der Waals surface area contributed by atoms with Gasteiger partial charge in [-0.05, 0) is 44.2 Å². The van der Waals surface area contributed by atoms with Crippen molar-refractivity contribution in [1.29, 1.82) is 0 Å². The number of aldehydes is 1. The number of benzene rings is 2. The van der Waals surface area contributed by atoms with Gasteiger partial charge in [0.2, 0.25) is 5.95 Å². The molecule has 158 valence electrons. The maximum absolute atomic E-state index is 11.3. The highest BCUT2D eigenvalue weighted by atomic mass is 16.5. The zero-order chi connectivity index (χ0) is 20.9. The number of phenols is 1. The number of nitrogens with one attached hydrogen (secondary N) is 1. The number of aromatic nitrogens is 2. The van der Waals surface area contributed by atoms with Crippen molar-refractivity contribution in [3.8, 4) is 5.75 Å². The lowest BCUT2D eigenvalue weighted by Crippen LogP contribution is -2.37. The molecule has 0 radical (unpaired) electrons. The van der Waals surface area contributed by atoms with Crippen LogP contribution in [0.15, 0.2) is 36.4 Å². The molecule has 7 heteroatoms. The molecule has 0 spiro atoms.